The molecule has 1 aliphatic carbocycles. The Hall–Kier alpha value is -0.610. The van der Waals surface area contributed by atoms with E-state index in [1.807, 2.05) is 0 Å². The maximum Gasteiger partial charge on any atom is 0.221 e. The number of piperidine rings is 1. The number of fused-ring (bicyclic) bond motifs is 1. The van der Waals surface area contributed by atoms with Gasteiger partial charge in [0.15, 0.2) is 0 Å². The maximum absolute atomic E-state index is 11.6. The zero-order valence-corrected chi connectivity index (χ0v) is 11.5. The average molecular weight is 253 g/mol. The molecule has 18 heavy (non-hydrogen) atoms. The van der Waals surface area contributed by atoms with Gasteiger partial charge in [-0.15, -0.1) is 0 Å². The van der Waals surface area contributed by atoms with Crippen LogP contribution in [-0.2, 0) is 4.79 Å². The number of amides is 1. The van der Waals surface area contributed by atoms with Gasteiger partial charge in [-0.3, -0.25) is 9.69 Å². The van der Waals surface area contributed by atoms with Crippen LogP contribution in [-0.4, -0.2) is 43.0 Å². The molecule has 0 aromatic rings. The first kappa shape index (κ1) is 13.8. The van der Waals surface area contributed by atoms with Gasteiger partial charge in [-0.25, -0.2) is 0 Å². The number of hydrogen-bond donors (Lipinski definition) is 2. The van der Waals surface area contributed by atoms with Gasteiger partial charge in [-0.05, 0) is 38.1 Å². The lowest BCUT2D eigenvalue weighted by molar-refractivity contribution is -0.122. The summed E-state index contributed by atoms with van der Waals surface area (Å²) in [4.78, 5) is 14.1. The normalized spacial score (nSPS) is 30.6. The Morgan fingerprint density at radius 2 is 2.06 bits per heavy atom. The fraction of sp³-hybridized carbons (Fsp3) is 0.929. The molecule has 1 saturated carbocycles. The summed E-state index contributed by atoms with van der Waals surface area (Å²) in [6, 6.07) is 0.918. The number of likely N-dealkylation sites (tertiary alicyclic amines) is 1. The molecule has 1 aliphatic heterocycles. The summed E-state index contributed by atoms with van der Waals surface area (Å²) in [5, 5.41) is 2.72. The van der Waals surface area contributed by atoms with Gasteiger partial charge in [0.2, 0.25) is 5.91 Å². The second kappa shape index (κ2) is 6.53. The molecule has 0 spiro atoms. The first-order valence-electron chi connectivity index (χ1n) is 7.42. The molecular formula is C14H27N3O. The zero-order chi connectivity index (χ0) is 13.0. The molecule has 0 aromatic heterocycles. The van der Waals surface area contributed by atoms with Crippen LogP contribution in [0, 0.1) is 5.92 Å². The van der Waals surface area contributed by atoms with Crippen LogP contribution in [0.25, 0.3) is 0 Å². The number of rotatable bonds is 4. The van der Waals surface area contributed by atoms with E-state index in [0.29, 0.717) is 19.0 Å². The fourth-order valence-electron chi connectivity index (χ4n) is 3.77. The highest BCUT2D eigenvalue weighted by molar-refractivity contribution is 5.76. The lowest BCUT2D eigenvalue weighted by Crippen LogP contribution is -2.54. The molecule has 0 radical (unpaired) electrons. The van der Waals surface area contributed by atoms with Crippen molar-refractivity contribution in [1.29, 1.82) is 0 Å². The Balaban J connectivity index is 2.01. The Morgan fingerprint density at radius 3 is 2.78 bits per heavy atom. The second-order valence-corrected chi connectivity index (χ2v) is 5.76. The van der Waals surface area contributed by atoms with E-state index >= 15 is 0 Å². The highest BCUT2D eigenvalue weighted by Gasteiger charge is 2.36. The van der Waals surface area contributed by atoms with Crippen molar-refractivity contribution < 1.29 is 4.79 Å². The number of nitrogens with zero attached hydrogens (tertiary/aromatic N) is 1. The van der Waals surface area contributed by atoms with Crippen molar-refractivity contribution in [2.75, 3.05) is 20.1 Å². The van der Waals surface area contributed by atoms with Crippen LogP contribution in [0.3, 0.4) is 0 Å². The SMILES string of the molecule is CNC(=O)CC(CN)N1CCC[C@H]2CCCC[C@H]21. The summed E-state index contributed by atoms with van der Waals surface area (Å²) in [5.74, 6) is 0.967. The number of carbonyl (C=O) groups is 1. The number of nitrogens with one attached hydrogen (secondary N) is 1. The molecule has 3 N–H and O–H groups in total. The van der Waals surface area contributed by atoms with Crippen molar-refractivity contribution in [2.45, 2.75) is 57.0 Å². The first-order valence-corrected chi connectivity index (χ1v) is 7.42. The van der Waals surface area contributed by atoms with Gasteiger partial charge in [-0.1, -0.05) is 12.8 Å². The van der Waals surface area contributed by atoms with Crippen LogP contribution in [0.5, 0.6) is 0 Å². The van der Waals surface area contributed by atoms with Crippen LogP contribution in [0.2, 0.25) is 0 Å². The van der Waals surface area contributed by atoms with Gasteiger partial charge in [0.05, 0.1) is 0 Å². The molecule has 0 bridgehead atoms. The fourth-order valence-corrected chi connectivity index (χ4v) is 3.77. The quantitative estimate of drug-likeness (QED) is 0.789. The smallest absolute Gasteiger partial charge is 0.221 e. The van der Waals surface area contributed by atoms with E-state index in [9.17, 15) is 4.79 Å². The predicted molar refractivity (Wildman–Crippen MR) is 73.2 cm³/mol. The van der Waals surface area contributed by atoms with Crippen molar-refractivity contribution in [3.8, 4) is 0 Å². The lowest BCUT2D eigenvalue weighted by atomic mass is 9.77. The minimum atomic E-state index is 0.114. The van der Waals surface area contributed by atoms with E-state index in [-0.39, 0.29) is 11.9 Å². The highest BCUT2D eigenvalue weighted by atomic mass is 16.1. The molecule has 4 nitrogen and oxygen atoms in total. The molecule has 2 aliphatic rings. The van der Waals surface area contributed by atoms with Crippen molar-refractivity contribution in [2.24, 2.45) is 11.7 Å². The average Bonchev–Trinajstić information content (AvgIpc) is 2.44. The number of carbonyl (C=O) groups excluding carboxylic acids is 1. The third-order valence-corrected chi connectivity index (χ3v) is 4.73. The zero-order valence-electron chi connectivity index (χ0n) is 11.5. The molecule has 1 unspecified atom stereocenters. The van der Waals surface area contributed by atoms with Gasteiger partial charge in [-0.2, -0.15) is 0 Å². The summed E-state index contributed by atoms with van der Waals surface area (Å²) in [6.45, 7) is 1.72. The third-order valence-electron chi connectivity index (χ3n) is 4.73. The van der Waals surface area contributed by atoms with E-state index in [4.69, 9.17) is 5.73 Å². The molecule has 2 rings (SSSR count). The molecule has 2 fully saturated rings. The van der Waals surface area contributed by atoms with Gasteiger partial charge in [0.1, 0.15) is 0 Å². The number of nitrogens with two attached hydrogens (primary N) is 1. The van der Waals surface area contributed by atoms with Gasteiger partial charge >= 0.3 is 0 Å². The van der Waals surface area contributed by atoms with Gasteiger partial charge in [0.25, 0.3) is 0 Å². The molecular weight excluding hydrogens is 226 g/mol. The summed E-state index contributed by atoms with van der Waals surface area (Å²) in [7, 11) is 1.70. The molecule has 4 heteroatoms. The topological polar surface area (TPSA) is 58.4 Å². The predicted octanol–water partition coefficient (Wildman–Crippen LogP) is 1.10. The van der Waals surface area contributed by atoms with Gasteiger partial charge in [0, 0.05) is 32.1 Å². The highest BCUT2D eigenvalue weighted by Crippen LogP contribution is 2.36. The molecule has 104 valence electrons. The molecule has 1 amide bonds. The third kappa shape index (κ3) is 3.04. The molecule has 0 aromatic carbocycles. The standard InChI is InChI=1S/C14H27N3O/c1-16-14(18)9-12(10-15)17-8-4-6-11-5-2-3-7-13(11)17/h11-13H,2-10,15H2,1H3,(H,16,18)/t11-,12?,13-/m1/s1. The van der Waals surface area contributed by atoms with Crippen LogP contribution in [0.15, 0.2) is 0 Å². The van der Waals surface area contributed by atoms with Crippen molar-refractivity contribution in [3.63, 3.8) is 0 Å². The molecule has 3 atom stereocenters. The maximum atomic E-state index is 11.6. The second-order valence-electron chi connectivity index (χ2n) is 5.76. The Labute approximate surface area is 110 Å². The van der Waals surface area contributed by atoms with Crippen molar-refractivity contribution >= 4 is 5.91 Å². The Kier molecular flexibility index (Phi) is 5.01. The summed E-state index contributed by atoms with van der Waals surface area (Å²) >= 11 is 0. The van der Waals surface area contributed by atoms with E-state index in [2.05, 4.69) is 10.2 Å². The Bertz CT molecular complexity index is 280. The summed E-state index contributed by atoms with van der Waals surface area (Å²) in [5.41, 5.74) is 5.91. The van der Waals surface area contributed by atoms with Crippen LogP contribution in [0.4, 0.5) is 0 Å². The van der Waals surface area contributed by atoms with Crippen LogP contribution >= 0.6 is 0 Å². The number of hydrogen-bond acceptors (Lipinski definition) is 3. The van der Waals surface area contributed by atoms with Crippen molar-refractivity contribution in [3.05, 3.63) is 0 Å². The van der Waals surface area contributed by atoms with E-state index in [1.54, 1.807) is 7.05 Å². The largest absolute Gasteiger partial charge is 0.359 e. The lowest BCUT2D eigenvalue weighted by Gasteiger charge is -2.47. The van der Waals surface area contributed by atoms with Gasteiger partial charge < -0.3 is 11.1 Å². The monoisotopic (exact) mass is 253 g/mol. The summed E-state index contributed by atoms with van der Waals surface area (Å²) < 4.78 is 0. The van der Waals surface area contributed by atoms with Crippen LogP contribution < -0.4 is 11.1 Å². The minimum absolute atomic E-state index is 0.114. The van der Waals surface area contributed by atoms with E-state index in [0.717, 1.165) is 12.5 Å². The summed E-state index contributed by atoms with van der Waals surface area (Å²) in [6.07, 6.45) is 8.60. The first-order chi connectivity index (χ1) is 8.76. The molecule has 1 heterocycles. The van der Waals surface area contributed by atoms with Crippen molar-refractivity contribution in [1.82, 2.24) is 10.2 Å². The van der Waals surface area contributed by atoms with Crippen LogP contribution in [0.1, 0.15) is 44.9 Å². The molecule has 1 saturated heterocycles. The van der Waals surface area contributed by atoms with E-state index < -0.39 is 0 Å². The van der Waals surface area contributed by atoms with E-state index in [1.165, 1.54) is 38.5 Å². The Morgan fingerprint density at radius 1 is 1.33 bits per heavy atom. The minimum Gasteiger partial charge on any atom is -0.359 e.